The summed E-state index contributed by atoms with van der Waals surface area (Å²) < 4.78 is 0. The molecule has 0 aliphatic carbocycles. The molecule has 0 spiro atoms. The van der Waals surface area contributed by atoms with Crippen LogP contribution in [0, 0.1) is 0 Å². The first-order valence-electron chi connectivity index (χ1n) is 6.57. The Morgan fingerprint density at radius 2 is 1.90 bits per heavy atom. The first kappa shape index (κ1) is 13.5. The Bertz CT molecular complexity index is 714. The number of ketones is 1. The van der Waals surface area contributed by atoms with Crippen molar-refractivity contribution in [3.8, 4) is 0 Å². The van der Waals surface area contributed by atoms with Crippen LogP contribution in [-0.4, -0.2) is 28.8 Å². The van der Waals surface area contributed by atoms with Gasteiger partial charge in [-0.05, 0) is 18.2 Å². The number of aromatic nitrogens is 1. The van der Waals surface area contributed by atoms with Gasteiger partial charge < -0.3 is 10.0 Å². The number of Topliss-reactive ketones (excluding diaryl/α,β-unsaturated/α-hetero) is 1. The third-order valence-corrected chi connectivity index (χ3v) is 3.79. The van der Waals surface area contributed by atoms with Gasteiger partial charge in [-0.3, -0.25) is 14.6 Å². The number of aliphatic hydroxyl groups is 1. The maximum atomic E-state index is 12.4. The molecule has 0 unspecified atom stereocenters. The van der Waals surface area contributed by atoms with Crippen LogP contribution in [0.5, 0.6) is 0 Å². The Kier molecular flexibility index (Phi) is 3.07. The SMILES string of the molecule is CN1C(=O)[C@@](O)(CC(=O)c2ccncc2)c2ccccc21. The predicted octanol–water partition coefficient (Wildman–Crippen LogP) is 1.52. The van der Waals surface area contributed by atoms with E-state index in [0.29, 0.717) is 16.8 Å². The van der Waals surface area contributed by atoms with Crippen molar-refractivity contribution in [2.24, 2.45) is 0 Å². The van der Waals surface area contributed by atoms with Gasteiger partial charge in [-0.25, -0.2) is 0 Å². The minimum atomic E-state index is -1.80. The zero-order chi connectivity index (χ0) is 15.0. The number of nitrogens with zero attached hydrogens (tertiary/aromatic N) is 2. The van der Waals surface area contributed by atoms with Gasteiger partial charge in [0.05, 0.1) is 12.1 Å². The zero-order valence-corrected chi connectivity index (χ0v) is 11.5. The molecule has 0 saturated carbocycles. The minimum Gasteiger partial charge on any atom is -0.375 e. The second kappa shape index (κ2) is 4.79. The van der Waals surface area contributed by atoms with E-state index in [-0.39, 0.29) is 12.2 Å². The summed E-state index contributed by atoms with van der Waals surface area (Å²) in [5.41, 5.74) is -0.267. The molecule has 1 aliphatic heterocycles. The summed E-state index contributed by atoms with van der Waals surface area (Å²) in [6, 6.07) is 10.1. The van der Waals surface area contributed by atoms with E-state index in [1.54, 1.807) is 43.4 Å². The Hall–Kier alpha value is -2.53. The van der Waals surface area contributed by atoms with Crippen LogP contribution in [0.3, 0.4) is 0 Å². The smallest absolute Gasteiger partial charge is 0.263 e. The lowest BCUT2D eigenvalue weighted by Crippen LogP contribution is -2.40. The van der Waals surface area contributed by atoms with E-state index in [1.807, 2.05) is 0 Å². The van der Waals surface area contributed by atoms with Crippen molar-refractivity contribution >= 4 is 17.4 Å². The number of para-hydroxylation sites is 1. The topological polar surface area (TPSA) is 70.5 Å². The Balaban J connectivity index is 1.98. The van der Waals surface area contributed by atoms with Crippen molar-refractivity contribution in [1.82, 2.24) is 4.98 Å². The molecule has 1 aromatic carbocycles. The molecule has 0 fully saturated rings. The van der Waals surface area contributed by atoms with Crippen molar-refractivity contribution in [3.63, 3.8) is 0 Å². The molecule has 0 radical (unpaired) electrons. The van der Waals surface area contributed by atoms with Crippen molar-refractivity contribution in [1.29, 1.82) is 0 Å². The summed E-state index contributed by atoms with van der Waals surface area (Å²) in [6.07, 6.45) is 2.73. The third kappa shape index (κ3) is 2.02. The summed E-state index contributed by atoms with van der Waals surface area (Å²) in [7, 11) is 1.59. The third-order valence-electron chi connectivity index (χ3n) is 3.79. The molecule has 0 saturated heterocycles. The molecule has 3 rings (SSSR count). The minimum absolute atomic E-state index is 0.281. The van der Waals surface area contributed by atoms with Crippen molar-refractivity contribution in [2.75, 3.05) is 11.9 Å². The number of fused-ring (bicyclic) bond motifs is 1. The average molecular weight is 282 g/mol. The number of pyridine rings is 1. The van der Waals surface area contributed by atoms with Gasteiger partial charge in [0.25, 0.3) is 5.91 Å². The van der Waals surface area contributed by atoms with Gasteiger partial charge in [0.15, 0.2) is 11.4 Å². The molecule has 2 aromatic rings. The van der Waals surface area contributed by atoms with Crippen LogP contribution in [0.2, 0.25) is 0 Å². The van der Waals surface area contributed by atoms with E-state index in [2.05, 4.69) is 4.98 Å². The van der Waals surface area contributed by atoms with Gasteiger partial charge in [0, 0.05) is 30.6 Å². The number of hydrogen-bond donors (Lipinski definition) is 1. The van der Waals surface area contributed by atoms with E-state index < -0.39 is 11.5 Å². The predicted molar refractivity (Wildman–Crippen MR) is 76.9 cm³/mol. The van der Waals surface area contributed by atoms with Crippen LogP contribution in [0.15, 0.2) is 48.8 Å². The van der Waals surface area contributed by atoms with E-state index in [9.17, 15) is 14.7 Å². The van der Waals surface area contributed by atoms with Crippen LogP contribution in [0.1, 0.15) is 22.3 Å². The first-order chi connectivity index (χ1) is 10.0. The van der Waals surface area contributed by atoms with E-state index in [1.165, 1.54) is 17.3 Å². The molecule has 1 N–H and O–H groups in total. The number of hydrogen-bond acceptors (Lipinski definition) is 4. The number of likely N-dealkylation sites (N-methyl/N-ethyl adjacent to an activating group) is 1. The Labute approximate surface area is 121 Å². The maximum absolute atomic E-state index is 12.4. The molecule has 1 aliphatic rings. The standard InChI is InChI=1S/C16H14N2O3/c1-18-13-5-3-2-4-12(13)16(21,15(18)20)10-14(19)11-6-8-17-9-7-11/h2-9,21H,10H2,1H3/t16-/m1/s1. The van der Waals surface area contributed by atoms with Crippen LogP contribution in [-0.2, 0) is 10.4 Å². The Morgan fingerprint density at radius 3 is 2.62 bits per heavy atom. The van der Waals surface area contributed by atoms with Crippen molar-refractivity contribution in [3.05, 3.63) is 59.9 Å². The van der Waals surface area contributed by atoms with E-state index >= 15 is 0 Å². The number of carbonyl (C=O) groups is 2. The average Bonchev–Trinajstić information content (AvgIpc) is 2.71. The fourth-order valence-corrected chi connectivity index (χ4v) is 2.66. The highest BCUT2D eigenvalue weighted by molar-refractivity contribution is 6.10. The molecular weight excluding hydrogens is 268 g/mol. The molecule has 21 heavy (non-hydrogen) atoms. The van der Waals surface area contributed by atoms with Gasteiger partial charge >= 0.3 is 0 Å². The Morgan fingerprint density at radius 1 is 1.24 bits per heavy atom. The second-order valence-electron chi connectivity index (χ2n) is 5.08. The number of amides is 1. The quantitative estimate of drug-likeness (QED) is 0.866. The lowest BCUT2D eigenvalue weighted by Gasteiger charge is -2.21. The first-order valence-corrected chi connectivity index (χ1v) is 6.57. The number of benzene rings is 1. The van der Waals surface area contributed by atoms with E-state index in [0.717, 1.165) is 0 Å². The molecule has 5 nitrogen and oxygen atoms in total. The highest BCUT2D eigenvalue weighted by Gasteiger charge is 2.49. The lowest BCUT2D eigenvalue weighted by molar-refractivity contribution is -0.135. The van der Waals surface area contributed by atoms with Gasteiger partial charge in [-0.1, -0.05) is 18.2 Å². The molecule has 0 bridgehead atoms. The second-order valence-corrected chi connectivity index (χ2v) is 5.08. The summed E-state index contributed by atoms with van der Waals surface area (Å²) in [6.45, 7) is 0. The summed E-state index contributed by atoms with van der Waals surface area (Å²) in [5.74, 6) is -0.774. The van der Waals surface area contributed by atoms with Crippen LogP contribution in [0.25, 0.3) is 0 Å². The van der Waals surface area contributed by atoms with Gasteiger partial charge in [-0.2, -0.15) is 0 Å². The summed E-state index contributed by atoms with van der Waals surface area (Å²) in [4.78, 5) is 29.9. The van der Waals surface area contributed by atoms with Crippen molar-refractivity contribution < 1.29 is 14.7 Å². The summed E-state index contributed by atoms with van der Waals surface area (Å²) in [5, 5.41) is 10.8. The number of carbonyl (C=O) groups excluding carboxylic acids is 2. The van der Waals surface area contributed by atoms with Gasteiger partial charge in [-0.15, -0.1) is 0 Å². The molecule has 1 amide bonds. The highest BCUT2D eigenvalue weighted by atomic mass is 16.3. The molecule has 5 heteroatoms. The normalized spacial score (nSPS) is 20.5. The number of rotatable bonds is 3. The number of anilines is 1. The molecular formula is C16H14N2O3. The zero-order valence-electron chi connectivity index (χ0n) is 11.5. The summed E-state index contributed by atoms with van der Waals surface area (Å²) >= 11 is 0. The lowest BCUT2D eigenvalue weighted by atomic mass is 9.88. The molecule has 1 aromatic heterocycles. The monoisotopic (exact) mass is 282 g/mol. The van der Waals surface area contributed by atoms with Gasteiger partial charge in [0.2, 0.25) is 0 Å². The fourth-order valence-electron chi connectivity index (χ4n) is 2.66. The van der Waals surface area contributed by atoms with Crippen LogP contribution in [0.4, 0.5) is 5.69 Å². The van der Waals surface area contributed by atoms with Crippen molar-refractivity contribution in [2.45, 2.75) is 12.0 Å². The largest absolute Gasteiger partial charge is 0.375 e. The fraction of sp³-hybridized carbons (Fsp3) is 0.188. The van der Waals surface area contributed by atoms with Crippen LogP contribution >= 0.6 is 0 Å². The van der Waals surface area contributed by atoms with Gasteiger partial charge in [0.1, 0.15) is 0 Å². The molecule has 2 heterocycles. The van der Waals surface area contributed by atoms with E-state index in [4.69, 9.17) is 0 Å². The maximum Gasteiger partial charge on any atom is 0.263 e. The molecule has 106 valence electrons. The molecule has 1 atom stereocenters. The highest BCUT2D eigenvalue weighted by Crippen LogP contribution is 2.41. The van der Waals surface area contributed by atoms with Crippen LogP contribution < -0.4 is 4.90 Å².